The summed E-state index contributed by atoms with van der Waals surface area (Å²) in [6.07, 6.45) is 11.2. The number of thiazole rings is 1. The molecular formula is C29H29N4S2+. The maximum absolute atomic E-state index is 8.81. The van der Waals surface area contributed by atoms with Crippen molar-refractivity contribution in [2.24, 2.45) is 0 Å². The van der Waals surface area contributed by atoms with Crippen LogP contribution in [0.25, 0.3) is 33.3 Å². The van der Waals surface area contributed by atoms with E-state index in [1.165, 1.54) is 48.7 Å². The Kier molecular flexibility index (Phi) is 8.71. The molecule has 6 heteroatoms. The van der Waals surface area contributed by atoms with E-state index in [4.69, 9.17) is 11.8 Å². The Bertz CT molecular complexity index is 1440. The molecule has 0 N–H and O–H groups in total. The van der Waals surface area contributed by atoms with Gasteiger partial charge in [-0.25, -0.2) is 4.85 Å². The van der Waals surface area contributed by atoms with Gasteiger partial charge in [-0.3, -0.25) is 0 Å². The second kappa shape index (κ2) is 11.7. The molecule has 0 bridgehead atoms. The molecule has 0 amide bonds. The van der Waals surface area contributed by atoms with Gasteiger partial charge in [-0.2, -0.15) is 9.83 Å². The number of rotatable bonds is 6. The summed E-state index contributed by atoms with van der Waals surface area (Å²) in [4.78, 5) is 6.87. The Morgan fingerprint density at radius 3 is 2.66 bits per heavy atom. The van der Waals surface area contributed by atoms with Crippen LogP contribution in [0.3, 0.4) is 0 Å². The van der Waals surface area contributed by atoms with Crippen LogP contribution in [0.2, 0.25) is 0 Å². The Balaban J connectivity index is 0.00000342. The van der Waals surface area contributed by atoms with Gasteiger partial charge in [0.1, 0.15) is 11.2 Å². The smallest absolute Gasteiger partial charge is 0.262 e. The van der Waals surface area contributed by atoms with Crippen LogP contribution in [-0.2, 0) is 6.54 Å². The van der Waals surface area contributed by atoms with Gasteiger partial charge in [0, 0.05) is 29.7 Å². The van der Waals surface area contributed by atoms with Crippen molar-refractivity contribution in [1.29, 1.82) is 5.26 Å². The molecule has 1 aromatic heterocycles. The lowest BCUT2D eigenvalue weighted by atomic mass is 10.2. The predicted molar refractivity (Wildman–Crippen MR) is 152 cm³/mol. The molecule has 3 aromatic rings. The zero-order valence-electron chi connectivity index (χ0n) is 19.4. The number of aromatic nitrogens is 1. The Morgan fingerprint density at radius 2 is 1.94 bits per heavy atom. The SMILES string of the molecule is C.[C-]#[N+]/C=C/c1ccc2c(c1)sc(/C=C(C)/C=C1/Sc3cc(/C=C/C#N)ccc3N1CC)[n+]2CC. The molecule has 2 aromatic carbocycles. The largest absolute Gasteiger partial charge is 0.335 e. The molecule has 4 nitrogen and oxygen atoms in total. The van der Waals surface area contributed by atoms with E-state index in [9.17, 15) is 0 Å². The molecule has 0 unspecified atom stereocenters. The fourth-order valence-electron chi connectivity index (χ4n) is 4.01. The van der Waals surface area contributed by atoms with Gasteiger partial charge in [-0.05, 0) is 73.9 Å². The minimum atomic E-state index is 0. The van der Waals surface area contributed by atoms with E-state index >= 15 is 0 Å². The minimum Gasteiger partial charge on any atom is -0.335 e. The standard InChI is InChI=1S/C28H25N4S2.CH4/c1-5-31-23-11-9-21(8-7-14-29)18-25(23)33-27(31)16-20(3)17-28-32(6-2)24-12-10-22(13-15-30-4)19-26(24)34-28;/h7-13,15-19H,5-6H2,1-3H3;1H4/q+1;/b8-7+,15-13+;. The molecule has 4 rings (SSSR count). The number of aryl methyl sites for hydroxylation is 1. The summed E-state index contributed by atoms with van der Waals surface area (Å²) in [7, 11) is 0. The predicted octanol–water partition coefficient (Wildman–Crippen LogP) is 8.15. The monoisotopic (exact) mass is 497 g/mol. The van der Waals surface area contributed by atoms with E-state index < -0.39 is 0 Å². The van der Waals surface area contributed by atoms with Gasteiger partial charge in [-0.15, -0.1) is 0 Å². The van der Waals surface area contributed by atoms with Crippen LogP contribution in [-0.4, -0.2) is 6.54 Å². The molecule has 0 fully saturated rings. The topological polar surface area (TPSA) is 35.3 Å². The first-order valence-electron chi connectivity index (χ1n) is 11.1. The number of fused-ring (bicyclic) bond motifs is 2. The summed E-state index contributed by atoms with van der Waals surface area (Å²) in [6, 6.07) is 14.8. The van der Waals surface area contributed by atoms with Crippen LogP contribution in [0.15, 0.2) is 70.2 Å². The molecule has 0 radical (unpaired) electrons. The zero-order valence-corrected chi connectivity index (χ0v) is 21.1. The molecule has 0 spiro atoms. The van der Waals surface area contributed by atoms with Gasteiger partial charge >= 0.3 is 0 Å². The van der Waals surface area contributed by atoms with Crippen LogP contribution in [0.1, 0.15) is 44.3 Å². The van der Waals surface area contributed by atoms with Crippen LogP contribution >= 0.6 is 23.1 Å². The second-order valence-corrected chi connectivity index (χ2v) is 9.89. The number of allylic oxidation sites excluding steroid dienone is 3. The fraction of sp³-hybridized carbons (Fsp3) is 0.207. The number of benzene rings is 2. The van der Waals surface area contributed by atoms with Crippen molar-refractivity contribution in [2.75, 3.05) is 11.4 Å². The van der Waals surface area contributed by atoms with Gasteiger partial charge in [0.25, 0.3) is 5.01 Å². The third kappa shape index (κ3) is 5.57. The van der Waals surface area contributed by atoms with Gasteiger partial charge < -0.3 is 4.90 Å². The summed E-state index contributed by atoms with van der Waals surface area (Å²) in [5, 5.41) is 11.2. The van der Waals surface area contributed by atoms with Crippen molar-refractivity contribution in [3.63, 3.8) is 0 Å². The number of nitrogens with zero attached hydrogens (tertiary/aromatic N) is 4. The van der Waals surface area contributed by atoms with E-state index in [1.807, 2.05) is 12.2 Å². The lowest BCUT2D eigenvalue weighted by Gasteiger charge is -2.18. The van der Waals surface area contributed by atoms with Gasteiger partial charge in [0.2, 0.25) is 5.52 Å². The highest BCUT2D eigenvalue weighted by Gasteiger charge is 2.24. The Labute approximate surface area is 216 Å². The normalized spacial score (nSPS) is 14.5. The van der Waals surface area contributed by atoms with E-state index in [-0.39, 0.29) is 7.43 Å². The van der Waals surface area contributed by atoms with Crippen LogP contribution in [0, 0.1) is 17.9 Å². The highest BCUT2D eigenvalue weighted by atomic mass is 32.2. The molecule has 2 heterocycles. The molecule has 0 saturated heterocycles. The van der Waals surface area contributed by atoms with Crippen molar-refractivity contribution in [2.45, 2.75) is 39.6 Å². The van der Waals surface area contributed by atoms with Gasteiger partial charge in [-0.1, -0.05) is 42.7 Å². The maximum atomic E-state index is 8.81. The van der Waals surface area contributed by atoms with Gasteiger partial charge in [0.05, 0.1) is 23.4 Å². The van der Waals surface area contributed by atoms with Crippen molar-refractivity contribution in [3.05, 3.63) is 92.9 Å². The molecule has 35 heavy (non-hydrogen) atoms. The molecule has 0 atom stereocenters. The van der Waals surface area contributed by atoms with E-state index in [2.05, 4.69) is 89.7 Å². The first kappa shape index (κ1) is 26.0. The molecule has 1 aliphatic heterocycles. The number of anilines is 1. The first-order valence-corrected chi connectivity index (χ1v) is 12.8. The Hall–Kier alpha value is -3.58. The fourth-order valence-corrected chi connectivity index (χ4v) is 6.58. The van der Waals surface area contributed by atoms with Crippen molar-refractivity contribution in [1.82, 2.24) is 0 Å². The number of hydrogen-bond acceptors (Lipinski definition) is 4. The highest BCUT2D eigenvalue weighted by molar-refractivity contribution is 8.03. The van der Waals surface area contributed by atoms with E-state index in [0.29, 0.717) is 0 Å². The molecule has 176 valence electrons. The number of nitriles is 1. The summed E-state index contributed by atoms with van der Waals surface area (Å²) >= 11 is 3.55. The molecule has 0 saturated carbocycles. The van der Waals surface area contributed by atoms with E-state index in [0.717, 1.165) is 24.2 Å². The molecule has 1 aliphatic rings. The lowest BCUT2D eigenvalue weighted by molar-refractivity contribution is -0.665. The van der Waals surface area contributed by atoms with Crippen molar-refractivity contribution >= 4 is 57.2 Å². The average molecular weight is 498 g/mol. The van der Waals surface area contributed by atoms with E-state index in [1.54, 1.807) is 23.1 Å². The minimum absolute atomic E-state index is 0. The van der Waals surface area contributed by atoms with Crippen molar-refractivity contribution in [3.8, 4) is 6.07 Å². The molecular weight excluding hydrogens is 468 g/mol. The molecule has 0 aliphatic carbocycles. The van der Waals surface area contributed by atoms with Gasteiger partial charge in [0.15, 0.2) is 6.20 Å². The number of hydrogen-bond donors (Lipinski definition) is 0. The summed E-state index contributed by atoms with van der Waals surface area (Å²) in [6.45, 7) is 15.2. The third-order valence-corrected chi connectivity index (χ3v) is 7.73. The number of thioether (sulfide) groups is 1. The highest BCUT2D eigenvalue weighted by Crippen LogP contribution is 2.46. The summed E-state index contributed by atoms with van der Waals surface area (Å²) < 4.78 is 3.56. The third-order valence-electron chi connectivity index (χ3n) is 5.54. The van der Waals surface area contributed by atoms with Crippen LogP contribution in [0.5, 0.6) is 0 Å². The lowest BCUT2D eigenvalue weighted by Crippen LogP contribution is -2.33. The maximum Gasteiger partial charge on any atom is 0.262 e. The van der Waals surface area contributed by atoms with Crippen LogP contribution < -0.4 is 9.47 Å². The Morgan fingerprint density at radius 1 is 1.17 bits per heavy atom. The first-order chi connectivity index (χ1) is 16.6. The summed E-state index contributed by atoms with van der Waals surface area (Å²) in [5.74, 6) is 0. The zero-order chi connectivity index (χ0) is 24.1. The van der Waals surface area contributed by atoms with Crippen LogP contribution in [0.4, 0.5) is 5.69 Å². The quantitative estimate of drug-likeness (QED) is 0.196. The van der Waals surface area contributed by atoms with Crippen molar-refractivity contribution < 1.29 is 4.57 Å². The second-order valence-electron chi connectivity index (χ2n) is 7.76. The summed E-state index contributed by atoms with van der Waals surface area (Å²) in [5.41, 5.74) is 5.71. The average Bonchev–Trinajstić information content (AvgIpc) is 3.36.